The molecule has 27 heavy (non-hydrogen) atoms. The molecule has 0 aliphatic heterocycles. The molecule has 0 unspecified atom stereocenters. The highest BCUT2D eigenvalue weighted by atomic mass is 31.2. The number of hydrogen-bond donors (Lipinski definition) is 0. The van der Waals surface area contributed by atoms with Crippen molar-refractivity contribution >= 4 is 23.1 Å². The molecular formula is C23H18NO2P. The topological polar surface area (TPSA) is 39.2 Å². The van der Waals surface area contributed by atoms with Crippen LogP contribution in [-0.4, -0.2) is 4.98 Å². The van der Waals surface area contributed by atoms with Crippen LogP contribution in [0.4, 0.5) is 0 Å². The Morgan fingerprint density at radius 1 is 0.630 bits per heavy atom. The molecule has 0 amide bonds. The zero-order valence-electron chi connectivity index (χ0n) is 14.6. The van der Waals surface area contributed by atoms with E-state index in [1.54, 1.807) is 12.3 Å². The minimum absolute atomic E-state index is 0.470. The maximum atomic E-state index is 14.5. The number of hydrogen-bond acceptors (Lipinski definition) is 3. The average Bonchev–Trinajstić information content (AvgIpc) is 2.75. The average molecular weight is 371 g/mol. The lowest BCUT2D eigenvalue weighted by Crippen LogP contribution is -2.25. The van der Waals surface area contributed by atoms with Crippen LogP contribution >= 0.6 is 7.14 Å². The molecule has 0 saturated carbocycles. The minimum Gasteiger partial charge on any atom is -0.438 e. The van der Waals surface area contributed by atoms with Gasteiger partial charge in [0.2, 0.25) is 5.88 Å². The molecule has 0 atom stereocenters. The third-order valence-corrected chi connectivity index (χ3v) is 7.40. The second-order valence-corrected chi connectivity index (χ2v) is 8.75. The molecule has 4 heteroatoms. The Bertz CT molecular complexity index is 1020. The maximum absolute atomic E-state index is 14.5. The van der Waals surface area contributed by atoms with Gasteiger partial charge in [0.25, 0.3) is 0 Å². The van der Waals surface area contributed by atoms with Crippen LogP contribution in [0.5, 0.6) is 11.6 Å². The van der Waals surface area contributed by atoms with E-state index in [4.69, 9.17) is 4.74 Å². The van der Waals surface area contributed by atoms with Crippen LogP contribution in [0.3, 0.4) is 0 Å². The monoisotopic (exact) mass is 371 g/mol. The zero-order valence-corrected chi connectivity index (χ0v) is 15.5. The van der Waals surface area contributed by atoms with E-state index >= 15 is 0 Å². The highest BCUT2D eigenvalue weighted by Gasteiger charge is 2.32. The normalized spacial score (nSPS) is 11.1. The van der Waals surface area contributed by atoms with Gasteiger partial charge in [-0.05, 0) is 18.2 Å². The van der Waals surface area contributed by atoms with E-state index in [1.807, 2.05) is 97.1 Å². The van der Waals surface area contributed by atoms with Gasteiger partial charge in [0, 0.05) is 22.9 Å². The highest BCUT2D eigenvalue weighted by molar-refractivity contribution is 7.85. The van der Waals surface area contributed by atoms with Gasteiger partial charge in [-0.2, -0.15) is 0 Å². The molecule has 4 rings (SSSR count). The Balaban J connectivity index is 1.91. The summed E-state index contributed by atoms with van der Waals surface area (Å²) in [7, 11) is -3.10. The largest absolute Gasteiger partial charge is 0.438 e. The van der Waals surface area contributed by atoms with E-state index in [9.17, 15) is 4.57 Å². The van der Waals surface area contributed by atoms with Gasteiger partial charge in [0.15, 0.2) is 7.14 Å². The molecule has 0 aliphatic carbocycles. The Hall–Kier alpha value is -3.16. The summed E-state index contributed by atoms with van der Waals surface area (Å²) in [6.45, 7) is 0. The van der Waals surface area contributed by atoms with E-state index in [0.29, 0.717) is 16.9 Å². The first-order valence-corrected chi connectivity index (χ1v) is 10.4. The Morgan fingerprint density at radius 3 is 1.78 bits per heavy atom. The lowest BCUT2D eigenvalue weighted by molar-refractivity contribution is 0.466. The number of pyridine rings is 1. The van der Waals surface area contributed by atoms with Gasteiger partial charge >= 0.3 is 0 Å². The standard InChI is InChI=1S/C23H18NO2P/c25-27(19-11-3-1-4-12-19,20-13-5-2-6-14-20)22-16-8-7-15-21(22)26-23-17-9-10-18-24-23/h1-18H. The van der Waals surface area contributed by atoms with Gasteiger partial charge < -0.3 is 9.30 Å². The summed E-state index contributed by atoms with van der Waals surface area (Å²) in [6, 6.07) is 32.1. The van der Waals surface area contributed by atoms with Gasteiger partial charge in [0.1, 0.15) is 5.75 Å². The van der Waals surface area contributed by atoms with Gasteiger partial charge in [-0.15, -0.1) is 0 Å². The second-order valence-electron chi connectivity index (χ2n) is 6.02. The molecule has 0 saturated heterocycles. The number of benzene rings is 3. The van der Waals surface area contributed by atoms with Gasteiger partial charge in [-0.1, -0.05) is 78.9 Å². The van der Waals surface area contributed by atoms with E-state index in [1.165, 1.54) is 0 Å². The van der Waals surface area contributed by atoms with Crippen molar-refractivity contribution in [3.8, 4) is 11.6 Å². The third-order valence-electron chi connectivity index (χ3n) is 4.30. The first kappa shape index (κ1) is 17.3. The summed E-state index contributed by atoms with van der Waals surface area (Å²) >= 11 is 0. The molecule has 3 nitrogen and oxygen atoms in total. The number of para-hydroxylation sites is 1. The molecule has 1 aromatic heterocycles. The predicted molar refractivity (Wildman–Crippen MR) is 110 cm³/mol. The van der Waals surface area contributed by atoms with Crippen molar-refractivity contribution in [3.05, 3.63) is 109 Å². The molecule has 4 aromatic rings. The van der Waals surface area contributed by atoms with Crippen LogP contribution in [0.2, 0.25) is 0 Å². The summed E-state index contributed by atoms with van der Waals surface area (Å²) in [5, 5.41) is 2.20. The molecule has 0 spiro atoms. The quantitative estimate of drug-likeness (QED) is 0.485. The summed E-state index contributed by atoms with van der Waals surface area (Å²) in [5.41, 5.74) is 0. The molecule has 1 heterocycles. The molecular weight excluding hydrogens is 353 g/mol. The summed E-state index contributed by atoms with van der Waals surface area (Å²) < 4.78 is 20.5. The SMILES string of the molecule is O=P(c1ccccc1)(c1ccccc1)c1ccccc1Oc1ccccn1. The highest BCUT2D eigenvalue weighted by Crippen LogP contribution is 2.45. The fourth-order valence-corrected chi connectivity index (χ4v) is 5.79. The summed E-state index contributed by atoms with van der Waals surface area (Å²) in [5.74, 6) is 1.02. The number of aromatic nitrogens is 1. The maximum Gasteiger partial charge on any atom is 0.219 e. The predicted octanol–water partition coefficient (Wildman–Crippen LogP) is 4.51. The van der Waals surface area contributed by atoms with Gasteiger partial charge in [-0.25, -0.2) is 4.98 Å². The van der Waals surface area contributed by atoms with Crippen molar-refractivity contribution in [3.63, 3.8) is 0 Å². The lowest BCUT2D eigenvalue weighted by Gasteiger charge is -2.22. The lowest BCUT2D eigenvalue weighted by atomic mass is 10.3. The second kappa shape index (κ2) is 7.61. The van der Waals surface area contributed by atoms with Crippen molar-refractivity contribution in [2.45, 2.75) is 0 Å². The van der Waals surface area contributed by atoms with E-state index in [-0.39, 0.29) is 0 Å². The van der Waals surface area contributed by atoms with Gasteiger partial charge in [-0.3, -0.25) is 0 Å². The molecule has 0 bridgehead atoms. The number of rotatable bonds is 5. The zero-order chi connectivity index (χ0) is 18.5. The smallest absolute Gasteiger partial charge is 0.219 e. The van der Waals surface area contributed by atoms with Crippen LogP contribution in [-0.2, 0) is 4.57 Å². The van der Waals surface area contributed by atoms with Crippen molar-refractivity contribution in [2.24, 2.45) is 0 Å². The van der Waals surface area contributed by atoms with Crippen molar-refractivity contribution in [2.75, 3.05) is 0 Å². The van der Waals surface area contributed by atoms with Crippen LogP contribution in [0.25, 0.3) is 0 Å². The van der Waals surface area contributed by atoms with Crippen molar-refractivity contribution in [1.82, 2.24) is 4.98 Å². The molecule has 3 aromatic carbocycles. The third kappa shape index (κ3) is 3.42. The molecule has 0 radical (unpaired) electrons. The Labute approximate surface area is 158 Å². The first-order chi connectivity index (χ1) is 13.3. The van der Waals surface area contributed by atoms with Crippen LogP contribution in [0, 0.1) is 0 Å². The first-order valence-electron chi connectivity index (χ1n) is 8.68. The van der Waals surface area contributed by atoms with E-state index in [0.717, 1.165) is 10.6 Å². The van der Waals surface area contributed by atoms with Crippen LogP contribution in [0.1, 0.15) is 0 Å². The van der Waals surface area contributed by atoms with E-state index in [2.05, 4.69) is 4.98 Å². The fraction of sp³-hybridized carbons (Fsp3) is 0. The Morgan fingerprint density at radius 2 is 1.19 bits per heavy atom. The summed E-state index contributed by atoms with van der Waals surface area (Å²) in [6.07, 6.45) is 1.67. The summed E-state index contributed by atoms with van der Waals surface area (Å²) in [4.78, 5) is 4.23. The molecule has 0 fully saturated rings. The van der Waals surface area contributed by atoms with Crippen LogP contribution < -0.4 is 20.7 Å². The number of ether oxygens (including phenoxy) is 1. The Kier molecular flexibility index (Phi) is 4.86. The van der Waals surface area contributed by atoms with E-state index < -0.39 is 7.14 Å². The van der Waals surface area contributed by atoms with Crippen molar-refractivity contribution < 1.29 is 9.30 Å². The molecule has 132 valence electrons. The minimum atomic E-state index is -3.10. The molecule has 0 N–H and O–H groups in total. The fourth-order valence-electron chi connectivity index (χ4n) is 3.03. The van der Waals surface area contributed by atoms with Crippen LogP contribution in [0.15, 0.2) is 109 Å². The van der Waals surface area contributed by atoms with Gasteiger partial charge in [0.05, 0.1) is 5.30 Å². The number of nitrogens with zero attached hydrogens (tertiary/aromatic N) is 1. The molecule has 0 aliphatic rings. The van der Waals surface area contributed by atoms with Crippen molar-refractivity contribution in [1.29, 1.82) is 0 Å².